The number of ether oxygens (including phenoxy) is 3. The molecule has 0 aromatic heterocycles. The van der Waals surface area contributed by atoms with Crippen LogP contribution in [0.1, 0.15) is 42.5 Å². The second kappa shape index (κ2) is 6.81. The van der Waals surface area contributed by atoms with E-state index >= 15 is 0 Å². The van der Waals surface area contributed by atoms with E-state index < -0.39 is 0 Å². The highest BCUT2D eigenvalue weighted by Gasteiger charge is 2.46. The van der Waals surface area contributed by atoms with Crippen LogP contribution in [-0.2, 0) is 11.4 Å². The molecule has 0 saturated heterocycles. The second-order valence-electron chi connectivity index (χ2n) is 7.50. The molecule has 3 aliphatic rings. The molecule has 7 nitrogen and oxygen atoms in total. The largest absolute Gasteiger partial charge is 0.504 e. The van der Waals surface area contributed by atoms with Crippen LogP contribution in [0, 0.1) is 0 Å². The fraction of sp³-hybridized carbons (Fsp3) is 0.381. The molecule has 2 aromatic rings. The van der Waals surface area contributed by atoms with E-state index in [4.69, 9.17) is 19.0 Å². The number of phenolic OH excluding ortho intramolecular Hbond substituents is 1. The van der Waals surface area contributed by atoms with Gasteiger partial charge in [-0.1, -0.05) is 21.1 Å². The predicted octanol–water partition coefficient (Wildman–Crippen LogP) is 4.28. The lowest BCUT2D eigenvalue weighted by Crippen LogP contribution is -2.45. The van der Waals surface area contributed by atoms with Crippen molar-refractivity contribution in [3.63, 3.8) is 0 Å². The number of hydrogen-bond acceptors (Lipinski definition) is 7. The van der Waals surface area contributed by atoms with Gasteiger partial charge in [0.25, 0.3) is 0 Å². The molecule has 0 fully saturated rings. The summed E-state index contributed by atoms with van der Waals surface area (Å²) < 4.78 is 17.3. The molecule has 0 radical (unpaired) electrons. The first-order chi connectivity index (χ1) is 14.0. The monoisotopic (exact) mass is 460 g/mol. The van der Waals surface area contributed by atoms with Gasteiger partial charge in [0.2, 0.25) is 6.79 Å². The van der Waals surface area contributed by atoms with Gasteiger partial charge in [-0.15, -0.1) is 0 Å². The zero-order chi connectivity index (χ0) is 20.3. The average Bonchev–Trinajstić information content (AvgIpc) is 3.31. The molecular formula is C21H21BrN2O5. The van der Waals surface area contributed by atoms with E-state index in [9.17, 15) is 5.11 Å². The van der Waals surface area contributed by atoms with Crippen LogP contribution in [0.2, 0.25) is 0 Å². The molecule has 8 heteroatoms. The van der Waals surface area contributed by atoms with Crippen molar-refractivity contribution in [1.29, 1.82) is 0 Å². The normalized spacial score (nSPS) is 24.6. The zero-order valence-corrected chi connectivity index (χ0v) is 17.9. The summed E-state index contributed by atoms with van der Waals surface area (Å²) in [5.74, 6) is 2.03. The Morgan fingerprint density at radius 3 is 2.72 bits per heavy atom. The Morgan fingerprint density at radius 1 is 1.21 bits per heavy atom. The van der Waals surface area contributed by atoms with E-state index in [-0.39, 0.29) is 30.7 Å². The zero-order valence-electron chi connectivity index (χ0n) is 16.3. The summed E-state index contributed by atoms with van der Waals surface area (Å²) in [5, 5.41) is 14.6. The summed E-state index contributed by atoms with van der Waals surface area (Å²) in [5.41, 5.74) is 4.09. The van der Waals surface area contributed by atoms with Crippen LogP contribution in [-0.4, -0.2) is 35.8 Å². The van der Waals surface area contributed by atoms with E-state index in [2.05, 4.69) is 32.9 Å². The maximum atomic E-state index is 10.3. The number of rotatable bonds is 3. The van der Waals surface area contributed by atoms with E-state index in [1.165, 1.54) is 0 Å². The van der Waals surface area contributed by atoms with Gasteiger partial charge < -0.3 is 24.2 Å². The number of phenols is 1. The third-order valence-electron chi connectivity index (χ3n) is 5.93. The SMILES string of the molecule is COc1cc2c(cc1O)[C@H]1C(C)=NO[C@H]1N(Cc1cc3c(cc1Br)OCO3)[C@@H]2C. The van der Waals surface area contributed by atoms with Crippen LogP contribution in [0.15, 0.2) is 33.9 Å². The van der Waals surface area contributed by atoms with Crippen LogP contribution in [0.3, 0.4) is 0 Å². The van der Waals surface area contributed by atoms with Crippen LogP contribution in [0.25, 0.3) is 0 Å². The Balaban J connectivity index is 1.56. The summed E-state index contributed by atoms with van der Waals surface area (Å²) >= 11 is 3.66. The highest BCUT2D eigenvalue weighted by atomic mass is 79.9. The minimum absolute atomic E-state index is 0.0270. The van der Waals surface area contributed by atoms with Gasteiger partial charge in [-0.3, -0.25) is 4.90 Å². The second-order valence-corrected chi connectivity index (χ2v) is 8.36. The number of aromatic hydroxyl groups is 1. The van der Waals surface area contributed by atoms with Crippen molar-refractivity contribution < 1.29 is 24.2 Å². The summed E-state index contributed by atoms with van der Waals surface area (Å²) in [7, 11) is 1.56. The van der Waals surface area contributed by atoms with E-state index in [1.807, 2.05) is 25.1 Å². The van der Waals surface area contributed by atoms with Gasteiger partial charge in [-0.2, -0.15) is 0 Å². The molecule has 0 aliphatic carbocycles. The molecule has 0 unspecified atom stereocenters. The number of halogens is 1. The van der Waals surface area contributed by atoms with Crippen molar-refractivity contribution in [2.75, 3.05) is 13.9 Å². The quantitative estimate of drug-likeness (QED) is 0.736. The van der Waals surface area contributed by atoms with Gasteiger partial charge in [-0.05, 0) is 54.8 Å². The summed E-state index contributed by atoms with van der Waals surface area (Å²) in [6.45, 7) is 4.96. The van der Waals surface area contributed by atoms with Gasteiger partial charge in [0.1, 0.15) is 0 Å². The lowest BCUT2D eigenvalue weighted by atomic mass is 9.81. The lowest BCUT2D eigenvalue weighted by molar-refractivity contribution is -0.0778. The molecule has 0 spiro atoms. The average molecular weight is 461 g/mol. The Hall–Kier alpha value is -2.45. The number of methoxy groups -OCH3 is 1. The van der Waals surface area contributed by atoms with Gasteiger partial charge >= 0.3 is 0 Å². The molecule has 2 aromatic carbocycles. The van der Waals surface area contributed by atoms with Gasteiger partial charge in [0.15, 0.2) is 29.2 Å². The van der Waals surface area contributed by atoms with Gasteiger partial charge in [0.05, 0.1) is 18.7 Å². The van der Waals surface area contributed by atoms with Crippen molar-refractivity contribution >= 4 is 21.6 Å². The number of benzene rings is 2. The lowest BCUT2D eigenvalue weighted by Gasteiger charge is -2.42. The third-order valence-corrected chi connectivity index (χ3v) is 6.67. The maximum absolute atomic E-state index is 10.3. The van der Waals surface area contributed by atoms with Crippen molar-refractivity contribution in [2.45, 2.75) is 38.6 Å². The summed E-state index contributed by atoms with van der Waals surface area (Å²) in [6, 6.07) is 7.67. The number of nitrogens with zero attached hydrogens (tertiary/aromatic N) is 2. The first kappa shape index (κ1) is 18.6. The fourth-order valence-electron chi connectivity index (χ4n) is 4.39. The Morgan fingerprint density at radius 2 is 1.97 bits per heavy atom. The molecule has 1 N–H and O–H groups in total. The van der Waals surface area contributed by atoms with Crippen LogP contribution in [0.4, 0.5) is 0 Å². The van der Waals surface area contributed by atoms with Gasteiger partial charge in [0, 0.05) is 17.1 Å². The van der Waals surface area contributed by atoms with Crippen molar-refractivity contribution in [3.05, 3.63) is 45.4 Å². The minimum Gasteiger partial charge on any atom is -0.504 e. The van der Waals surface area contributed by atoms with Crippen molar-refractivity contribution in [2.24, 2.45) is 5.16 Å². The molecule has 3 aliphatic heterocycles. The highest BCUT2D eigenvalue weighted by Crippen LogP contribution is 2.48. The first-order valence-corrected chi connectivity index (χ1v) is 10.2. The van der Waals surface area contributed by atoms with Crippen LogP contribution >= 0.6 is 15.9 Å². The van der Waals surface area contributed by atoms with E-state index in [0.717, 1.165) is 38.4 Å². The Kier molecular flexibility index (Phi) is 4.36. The first-order valence-electron chi connectivity index (χ1n) is 9.42. The van der Waals surface area contributed by atoms with Crippen molar-refractivity contribution in [1.82, 2.24) is 4.90 Å². The molecule has 0 amide bonds. The highest BCUT2D eigenvalue weighted by molar-refractivity contribution is 9.10. The molecule has 0 bridgehead atoms. The molecule has 3 atom stereocenters. The molecule has 152 valence electrons. The minimum atomic E-state index is -0.248. The Labute approximate surface area is 176 Å². The van der Waals surface area contributed by atoms with Crippen LogP contribution < -0.4 is 14.2 Å². The maximum Gasteiger partial charge on any atom is 0.231 e. The van der Waals surface area contributed by atoms with Crippen molar-refractivity contribution in [3.8, 4) is 23.0 Å². The third kappa shape index (κ3) is 2.85. The molecule has 5 rings (SSSR count). The van der Waals surface area contributed by atoms with Gasteiger partial charge in [-0.25, -0.2) is 0 Å². The van der Waals surface area contributed by atoms with Crippen LogP contribution in [0.5, 0.6) is 23.0 Å². The Bertz CT molecular complexity index is 1020. The smallest absolute Gasteiger partial charge is 0.231 e. The summed E-state index contributed by atoms with van der Waals surface area (Å²) in [6.07, 6.45) is -0.248. The fourth-order valence-corrected chi connectivity index (χ4v) is 4.84. The molecule has 3 heterocycles. The topological polar surface area (TPSA) is 72.8 Å². The number of oxime groups is 1. The standard InChI is InChI=1S/C21H21BrN2O5/c1-10-20-14-5-16(25)17(26-3)6-13(14)11(2)24(21(20)29-23-10)8-12-4-18-19(7-15(12)22)28-9-27-18/h4-7,11,20-21,25H,8-9H2,1-3H3/t11-,20-,21-/m1/s1. The molecular weight excluding hydrogens is 440 g/mol. The molecule has 0 saturated carbocycles. The number of hydrogen-bond donors (Lipinski definition) is 1. The van der Waals surface area contributed by atoms with E-state index in [0.29, 0.717) is 12.3 Å². The predicted molar refractivity (Wildman–Crippen MR) is 110 cm³/mol. The van der Waals surface area contributed by atoms with E-state index in [1.54, 1.807) is 13.2 Å². The summed E-state index contributed by atoms with van der Waals surface area (Å²) in [4.78, 5) is 8.11. The number of fused-ring (bicyclic) bond motifs is 4. The molecule has 29 heavy (non-hydrogen) atoms.